The molecule has 0 unspecified atom stereocenters. The highest BCUT2D eigenvalue weighted by atomic mass is 35.5. The summed E-state index contributed by atoms with van der Waals surface area (Å²) in [7, 11) is 0. The summed E-state index contributed by atoms with van der Waals surface area (Å²) in [6.07, 6.45) is 3.52. The first-order chi connectivity index (χ1) is 12.4. The van der Waals surface area contributed by atoms with Gasteiger partial charge in [0.2, 0.25) is 0 Å². The third kappa shape index (κ3) is 4.01. The molecule has 1 amide bonds. The zero-order valence-electron chi connectivity index (χ0n) is 16.6. The van der Waals surface area contributed by atoms with Crippen LogP contribution in [0.2, 0.25) is 5.02 Å². The van der Waals surface area contributed by atoms with E-state index in [2.05, 4.69) is 49.6 Å². The number of benzene rings is 1. The minimum absolute atomic E-state index is 0.0422. The van der Waals surface area contributed by atoms with E-state index < -0.39 is 0 Å². The highest BCUT2D eigenvalue weighted by molar-refractivity contribution is 6.30. The Morgan fingerprint density at radius 2 is 1.81 bits per heavy atom. The van der Waals surface area contributed by atoms with Crippen LogP contribution in [0.15, 0.2) is 18.2 Å². The summed E-state index contributed by atoms with van der Waals surface area (Å²) in [5, 5.41) is 0.789. The van der Waals surface area contributed by atoms with Gasteiger partial charge in [-0.1, -0.05) is 17.7 Å². The van der Waals surface area contributed by atoms with Crippen LogP contribution in [-0.4, -0.2) is 55.1 Å². The predicted molar refractivity (Wildman–Crippen MR) is 108 cm³/mol. The number of halogens is 1. The SMILES string of the molecule is Cc1ccc(Cl)cc1N1CC[NH+]([C@H](C)C(=O)N2[C@@H](C)CCC[C@@H]2C)CC1. The van der Waals surface area contributed by atoms with Crippen LogP contribution in [0.3, 0.4) is 0 Å². The minimum Gasteiger partial charge on any atom is -0.360 e. The largest absolute Gasteiger partial charge is 0.360 e. The smallest absolute Gasteiger partial charge is 0.281 e. The number of nitrogens with zero attached hydrogens (tertiary/aromatic N) is 2. The molecule has 2 fully saturated rings. The Labute approximate surface area is 163 Å². The molecular weight excluding hydrogens is 346 g/mol. The van der Waals surface area contributed by atoms with Crippen molar-refractivity contribution in [2.75, 3.05) is 31.1 Å². The van der Waals surface area contributed by atoms with Gasteiger partial charge in [0.1, 0.15) is 0 Å². The van der Waals surface area contributed by atoms with E-state index in [1.807, 2.05) is 6.07 Å². The number of amides is 1. The van der Waals surface area contributed by atoms with Gasteiger partial charge in [-0.15, -0.1) is 0 Å². The van der Waals surface area contributed by atoms with E-state index in [1.165, 1.54) is 22.6 Å². The molecule has 0 bridgehead atoms. The van der Waals surface area contributed by atoms with Crippen LogP contribution in [0.25, 0.3) is 0 Å². The number of nitrogens with one attached hydrogen (secondary N) is 1. The fourth-order valence-corrected chi connectivity index (χ4v) is 4.81. The normalized spacial score (nSPS) is 26.0. The summed E-state index contributed by atoms with van der Waals surface area (Å²) in [5.74, 6) is 0.340. The van der Waals surface area contributed by atoms with Crippen molar-refractivity contribution in [2.45, 2.75) is 65.1 Å². The molecule has 2 aliphatic rings. The van der Waals surface area contributed by atoms with Crippen molar-refractivity contribution in [3.63, 3.8) is 0 Å². The van der Waals surface area contributed by atoms with E-state index in [9.17, 15) is 4.79 Å². The monoisotopic (exact) mass is 378 g/mol. The van der Waals surface area contributed by atoms with E-state index in [1.54, 1.807) is 0 Å². The van der Waals surface area contributed by atoms with Gasteiger partial charge in [0, 0.05) is 22.8 Å². The van der Waals surface area contributed by atoms with Crippen LogP contribution < -0.4 is 9.80 Å². The van der Waals surface area contributed by atoms with Crippen LogP contribution in [0, 0.1) is 6.92 Å². The Morgan fingerprint density at radius 1 is 1.19 bits per heavy atom. The summed E-state index contributed by atoms with van der Waals surface area (Å²) >= 11 is 6.19. The second-order valence-electron chi connectivity index (χ2n) is 8.17. The van der Waals surface area contributed by atoms with Crippen molar-refractivity contribution in [1.29, 1.82) is 0 Å². The summed E-state index contributed by atoms with van der Waals surface area (Å²) in [6, 6.07) is 6.90. The first-order valence-electron chi connectivity index (χ1n) is 10.1. The molecule has 5 heteroatoms. The van der Waals surface area contributed by atoms with Gasteiger partial charge in [-0.2, -0.15) is 0 Å². The van der Waals surface area contributed by atoms with Gasteiger partial charge in [0.15, 0.2) is 6.04 Å². The second kappa shape index (κ2) is 8.18. The standard InChI is InChI=1S/C21H32ClN3O/c1-15-8-9-19(22)14-20(15)24-12-10-23(11-13-24)18(4)21(26)25-16(2)6-5-7-17(25)3/h8-9,14,16-18H,5-7,10-13H2,1-4H3/p+1/t16-,17-,18+/m0/s1. The van der Waals surface area contributed by atoms with Gasteiger partial charge >= 0.3 is 0 Å². The molecular formula is C21H33ClN3O+. The minimum atomic E-state index is 0.0422. The van der Waals surface area contributed by atoms with Crippen LogP contribution in [0.5, 0.6) is 0 Å². The second-order valence-corrected chi connectivity index (χ2v) is 8.61. The lowest BCUT2D eigenvalue weighted by Crippen LogP contribution is -3.19. The number of hydrogen-bond donors (Lipinski definition) is 1. The van der Waals surface area contributed by atoms with Crippen molar-refractivity contribution >= 4 is 23.2 Å². The first kappa shape index (κ1) is 19.5. The number of anilines is 1. The van der Waals surface area contributed by atoms with Crippen molar-refractivity contribution in [2.24, 2.45) is 0 Å². The number of likely N-dealkylation sites (tertiary alicyclic amines) is 1. The number of hydrogen-bond acceptors (Lipinski definition) is 2. The molecule has 0 aliphatic carbocycles. The first-order valence-corrected chi connectivity index (χ1v) is 10.4. The maximum absolute atomic E-state index is 13.1. The maximum Gasteiger partial charge on any atom is 0.281 e. The summed E-state index contributed by atoms with van der Waals surface area (Å²) in [6.45, 7) is 12.6. The molecule has 1 N–H and O–H groups in total. The van der Waals surface area contributed by atoms with Gasteiger partial charge in [-0.25, -0.2) is 0 Å². The zero-order chi connectivity index (χ0) is 18.8. The molecule has 3 atom stereocenters. The third-order valence-electron chi connectivity index (χ3n) is 6.35. The molecule has 2 saturated heterocycles. The Bertz CT molecular complexity index is 632. The van der Waals surface area contributed by atoms with Crippen molar-refractivity contribution in [1.82, 2.24) is 4.90 Å². The third-order valence-corrected chi connectivity index (χ3v) is 6.58. The summed E-state index contributed by atoms with van der Waals surface area (Å²) in [5.41, 5.74) is 2.49. The number of piperidine rings is 1. The van der Waals surface area contributed by atoms with E-state index >= 15 is 0 Å². The molecule has 4 nitrogen and oxygen atoms in total. The number of quaternary nitrogens is 1. The molecule has 0 radical (unpaired) electrons. The Morgan fingerprint density at radius 3 is 2.42 bits per heavy atom. The Hall–Kier alpha value is -1.26. The Kier molecular flexibility index (Phi) is 6.13. The molecule has 0 saturated carbocycles. The van der Waals surface area contributed by atoms with Crippen LogP contribution in [0.1, 0.15) is 45.6 Å². The Balaban J connectivity index is 1.62. The van der Waals surface area contributed by atoms with Gasteiger partial charge in [-0.3, -0.25) is 4.79 Å². The maximum atomic E-state index is 13.1. The van der Waals surface area contributed by atoms with Gasteiger partial charge in [0.25, 0.3) is 5.91 Å². The summed E-state index contributed by atoms with van der Waals surface area (Å²) < 4.78 is 0. The lowest BCUT2D eigenvalue weighted by Gasteiger charge is -2.42. The zero-order valence-corrected chi connectivity index (χ0v) is 17.4. The molecule has 0 spiro atoms. The van der Waals surface area contributed by atoms with Crippen molar-refractivity contribution in [3.8, 4) is 0 Å². The van der Waals surface area contributed by atoms with Crippen LogP contribution in [0.4, 0.5) is 5.69 Å². The number of rotatable bonds is 3. The summed E-state index contributed by atoms with van der Waals surface area (Å²) in [4.78, 5) is 19.1. The van der Waals surface area contributed by atoms with Gasteiger partial charge < -0.3 is 14.7 Å². The molecule has 144 valence electrons. The highest BCUT2D eigenvalue weighted by Crippen LogP contribution is 2.25. The molecule has 2 aliphatic heterocycles. The molecule has 0 aromatic heterocycles. The van der Waals surface area contributed by atoms with Crippen molar-refractivity contribution < 1.29 is 9.69 Å². The molecule has 26 heavy (non-hydrogen) atoms. The lowest BCUT2D eigenvalue weighted by atomic mass is 9.96. The van der Waals surface area contributed by atoms with E-state index in [4.69, 9.17) is 11.6 Å². The van der Waals surface area contributed by atoms with E-state index in [-0.39, 0.29) is 6.04 Å². The quantitative estimate of drug-likeness (QED) is 0.875. The molecule has 1 aromatic rings. The van der Waals surface area contributed by atoms with Crippen molar-refractivity contribution in [3.05, 3.63) is 28.8 Å². The fourth-order valence-electron chi connectivity index (χ4n) is 4.65. The number of carbonyl (C=O) groups excluding carboxylic acids is 1. The van der Waals surface area contributed by atoms with Crippen LogP contribution in [-0.2, 0) is 4.79 Å². The van der Waals surface area contributed by atoms with Crippen LogP contribution >= 0.6 is 11.6 Å². The fraction of sp³-hybridized carbons (Fsp3) is 0.667. The van der Waals surface area contributed by atoms with E-state index in [0.29, 0.717) is 18.0 Å². The van der Waals surface area contributed by atoms with Gasteiger partial charge in [-0.05, 0) is 64.7 Å². The molecule has 3 rings (SSSR count). The average Bonchev–Trinajstić information content (AvgIpc) is 2.63. The van der Waals surface area contributed by atoms with Gasteiger partial charge in [0.05, 0.1) is 26.2 Å². The average molecular weight is 379 g/mol. The number of piperazine rings is 1. The molecule has 2 heterocycles. The predicted octanol–water partition coefficient (Wildman–Crippen LogP) is 2.53. The number of carbonyl (C=O) groups is 1. The highest BCUT2D eigenvalue weighted by Gasteiger charge is 2.37. The number of aryl methyl sites for hydroxylation is 1. The topological polar surface area (TPSA) is 28.0 Å². The van der Waals surface area contributed by atoms with E-state index in [0.717, 1.165) is 44.0 Å². The lowest BCUT2D eigenvalue weighted by molar-refractivity contribution is -0.915. The molecule has 1 aromatic carbocycles.